The first-order valence-electron chi connectivity index (χ1n) is 20.3. The summed E-state index contributed by atoms with van der Waals surface area (Å²) in [6, 6.07) is 38.1. The fourth-order valence-corrected chi connectivity index (χ4v) is 8.76. The van der Waals surface area contributed by atoms with Gasteiger partial charge in [-0.05, 0) is 105 Å². The Morgan fingerprint density at radius 1 is 0.421 bits per heavy atom. The Kier molecular flexibility index (Phi) is 7.82. The minimum atomic E-state index is -0.0352. The minimum Gasteiger partial charge on any atom is -0.457 e. The molecule has 9 rings (SSSR count). The predicted molar refractivity (Wildman–Crippen MR) is 243 cm³/mol. The van der Waals surface area contributed by atoms with Crippen molar-refractivity contribution in [2.75, 3.05) is 0 Å². The Bertz CT molecular complexity index is 3020. The van der Waals surface area contributed by atoms with Gasteiger partial charge in [-0.2, -0.15) is 0 Å². The number of fused-ring (bicyclic) bond motifs is 9. The van der Waals surface area contributed by atoms with Crippen molar-refractivity contribution in [2.24, 2.45) is 0 Å². The average Bonchev–Trinajstić information content (AvgIpc) is 3.79. The second-order valence-corrected chi connectivity index (χ2v) is 20.3. The Balaban J connectivity index is 1.54. The van der Waals surface area contributed by atoms with Gasteiger partial charge in [0.25, 0.3) is 0 Å². The molecule has 3 aromatic heterocycles. The first-order chi connectivity index (χ1) is 26.8. The maximum Gasteiger partial charge on any atom is 0.216 e. The van der Waals surface area contributed by atoms with E-state index in [1.807, 2.05) is 18.2 Å². The number of hydrogen-bond acceptors (Lipinski definition) is 1. The van der Waals surface area contributed by atoms with Crippen LogP contribution in [0.15, 0.2) is 108 Å². The number of benzene rings is 6. The van der Waals surface area contributed by atoms with Gasteiger partial charge in [0.1, 0.15) is 11.2 Å². The first kappa shape index (κ1) is 36.8. The van der Waals surface area contributed by atoms with Crippen LogP contribution in [0.25, 0.3) is 81.8 Å². The van der Waals surface area contributed by atoms with Gasteiger partial charge in [0.2, 0.25) is 5.69 Å². The summed E-state index contributed by atoms with van der Waals surface area (Å²) in [6.45, 7) is 36.2. The molecule has 4 heteroatoms. The van der Waals surface area contributed by atoms with Crippen LogP contribution in [0.3, 0.4) is 0 Å². The number of rotatable bonds is 2. The van der Waals surface area contributed by atoms with E-state index >= 15 is 0 Å². The van der Waals surface area contributed by atoms with Crippen molar-refractivity contribution in [3.05, 3.63) is 137 Å². The molecule has 0 amide bonds. The van der Waals surface area contributed by atoms with Crippen LogP contribution >= 0.6 is 0 Å². The summed E-state index contributed by atoms with van der Waals surface area (Å²) >= 11 is 0. The van der Waals surface area contributed by atoms with Gasteiger partial charge in [-0.25, -0.2) is 4.85 Å². The maximum atomic E-state index is 8.85. The van der Waals surface area contributed by atoms with Crippen LogP contribution in [-0.4, -0.2) is 9.13 Å². The third-order valence-electron chi connectivity index (χ3n) is 12.2. The van der Waals surface area contributed by atoms with E-state index < -0.39 is 0 Å². The first-order valence-corrected chi connectivity index (χ1v) is 20.3. The van der Waals surface area contributed by atoms with Crippen LogP contribution in [-0.2, 0) is 21.7 Å². The van der Waals surface area contributed by atoms with Crippen molar-refractivity contribution in [2.45, 2.75) is 105 Å². The topological polar surface area (TPSA) is 27.4 Å². The zero-order chi connectivity index (χ0) is 40.6. The lowest BCUT2D eigenvalue weighted by Gasteiger charge is -2.22. The summed E-state index contributed by atoms with van der Waals surface area (Å²) in [5, 5.41) is 6.81. The van der Waals surface area contributed by atoms with Crippen molar-refractivity contribution < 1.29 is 4.42 Å². The molecular formula is C53H53N3O. The van der Waals surface area contributed by atoms with E-state index in [1.165, 1.54) is 43.8 Å². The number of nitrogens with zero attached hydrogens (tertiary/aromatic N) is 3. The molecule has 0 fully saturated rings. The lowest BCUT2D eigenvalue weighted by atomic mass is 9.85. The maximum absolute atomic E-state index is 8.85. The summed E-state index contributed by atoms with van der Waals surface area (Å²) < 4.78 is 11.5. The number of aromatic nitrogens is 2. The monoisotopic (exact) mass is 747 g/mol. The van der Waals surface area contributed by atoms with Crippen LogP contribution in [0.5, 0.6) is 0 Å². The summed E-state index contributed by atoms with van der Waals surface area (Å²) in [5.41, 5.74) is 13.2. The zero-order valence-electron chi connectivity index (χ0n) is 35.6. The second-order valence-electron chi connectivity index (χ2n) is 20.3. The fourth-order valence-electron chi connectivity index (χ4n) is 8.76. The minimum absolute atomic E-state index is 0.0335. The van der Waals surface area contributed by atoms with E-state index in [9.17, 15) is 0 Å². The molecule has 0 aliphatic rings. The van der Waals surface area contributed by atoms with E-state index in [0.29, 0.717) is 11.3 Å². The molecule has 9 aromatic rings. The highest BCUT2D eigenvalue weighted by Crippen LogP contribution is 2.49. The number of furan rings is 1. The van der Waals surface area contributed by atoms with Crippen molar-refractivity contribution in [3.63, 3.8) is 0 Å². The highest BCUT2D eigenvalue weighted by Gasteiger charge is 2.29. The van der Waals surface area contributed by atoms with Crippen LogP contribution in [0, 0.1) is 6.57 Å². The lowest BCUT2D eigenvalue weighted by molar-refractivity contribution is 0.590. The van der Waals surface area contributed by atoms with Crippen LogP contribution in [0.4, 0.5) is 5.69 Å². The van der Waals surface area contributed by atoms with E-state index in [1.54, 1.807) is 0 Å². The smallest absolute Gasteiger partial charge is 0.216 e. The molecule has 0 aliphatic carbocycles. The third kappa shape index (κ3) is 5.69. The van der Waals surface area contributed by atoms with Crippen molar-refractivity contribution in [1.29, 1.82) is 0 Å². The van der Waals surface area contributed by atoms with Gasteiger partial charge in [-0.1, -0.05) is 126 Å². The van der Waals surface area contributed by atoms with Crippen molar-refractivity contribution >= 4 is 71.2 Å². The van der Waals surface area contributed by atoms with Crippen molar-refractivity contribution in [1.82, 2.24) is 9.13 Å². The summed E-state index contributed by atoms with van der Waals surface area (Å²) in [6.07, 6.45) is 0. The van der Waals surface area contributed by atoms with Gasteiger partial charge in [0.15, 0.2) is 0 Å². The standard InChI is InChI=1S/C53H53N3O/c1-50(2,3)31-18-22-41-36(26-31)37-27-32(51(4,5)6)19-23-42(37)55(41)48-40(54-13)30-46-47(35-16-14-15-17-45(35)57-46)49(48)56-43-24-20-33(52(7,8)9)28-38(43)39-29-34(53(10,11)12)21-25-44(39)56/h14-30H,1-12H3. The molecule has 6 aromatic carbocycles. The molecule has 0 unspecified atom stereocenters. The molecule has 0 spiro atoms. The normalized spacial score (nSPS) is 13.2. The zero-order valence-corrected chi connectivity index (χ0v) is 35.6. The van der Waals surface area contributed by atoms with Crippen LogP contribution in [0.2, 0.25) is 0 Å². The molecule has 0 bridgehead atoms. The van der Waals surface area contributed by atoms with E-state index in [-0.39, 0.29) is 21.7 Å². The van der Waals surface area contributed by atoms with Gasteiger partial charge in [-0.3, -0.25) is 0 Å². The molecule has 3 heterocycles. The van der Waals surface area contributed by atoms with E-state index in [4.69, 9.17) is 11.0 Å². The second kappa shape index (κ2) is 12.1. The Hall–Kier alpha value is -5.79. The molecule has 0 saturated carbocycles. The van der Waals surface area contributed by atoms with Gasteiger partial charge < -0.3 is 13.6 Å². The highest BCUT2D eigenvalue weighted by molar-refractivity contribution is 6.19. The molecule has 57 heavy (non-hydrogen) atoms. The van der Waals surface area contributed by atoms with Gasteiger partial charge in [0, 0.05) is 26.9 Å². The van der Waals surface area contributed by atoms with Crippen molar-refractivity contribution in [3.8, 4) is 11.4 Å². The summed E-state index contributed by atoms with van der Waals surface area (Å²) in [4.78, 5) is 4.35. The van der Waals surface area contributed by atoms with Crippen LogP contribution < -0.4 is 0 Å². The molecule has 4 nitrogen and oxygen atoms in total. The summed E-state index contributed by atoms with van der Waals surface area (Å²) in [7, 11) is 0. The Morgan fingerprint density at radius 3 is 1.16 bits per heavy atom. The molecule has 0 aliphatic heterocycles. The third-order valence-corrected chi connectivity index (χ3v) is 12.2. The molecule has 0 saturated heterocycles. The lowest BCUT2D eigenvalue weighted by Crippen LogP contribution is -2.11. The highest BCUT2D eigenvalue weighted by atomic mass is 16.3. The molecule has 0 N–H and O–H groups in total. The molecule has 0 atom stereocenters. The number of hydrogen-bond donors (Lipinski definition) is 0. The van der Waals surface area contributed by atoms with E-state index in [2.05, 4.69) is 182 Å². The SMILES string of the molecule is [C-]#[N+]c1cc2oc3ccccc3c2c(-n2c3ccc(C(C)(C)C)cc3c3cc(C(C)(C)C)ccc32)c1-n1c2ccc(C(C)(C)C)cc2c2cc(C(C)(C)C)ccc21. The molecule has 0 radical (unpaired) electrons. The Morgan fingerprint density at radius 2 is 0.789 bits per heavy atom. The molecule has 286 valence electrons. The molecular weight excluding hydrogens is 695 g/mol. The predicted octanol–water partition coefficient (Wildman–Crippen LogP) is 15.5. The van der Waals surface area contributed by atoms with Crippen LogP contribution in [0.1, 0.15) is 105 Å². The quantitative estimate of drug-likeness (QED) is 0.162. The largest absolute Gasteiger partial charge is 0.457 e. The van der Waals surface area contributed by atoms with Gasteiger partial charge in [0.05, 0.1) is 45.4 Å². The number of para-hydroxylation sites is 1. The Labute approximate surface area is 336 Å². The fraction of sp³-hybridized carbons (Fsp3) is 0.302. The average molecular weight is 748 g/mol. The summed E-state index contributed by atoms with van der Waals surface area (Å²) in [5.74, 6) is 0. The van der Waals surface area contributed by atoms with Gasteiger partial charge >= 0.3 is 0 Å². The van der Waals surface area contributed by atoms with Gasteiger partial charge in [-0.15, -0.1) is 0 Å². The van der Waals surface area contributed by atoms with E-state index in [0.717, 1.165) is 49.8 Å².